The summed E-state index contributed by atoms with van der Waals surface area (Å²) in [7, 11) is 0. The molecule has 1 aromatic carbocycles. The van der Waals surface area contributed by atoms with Crippen molar-refractivity contribution in [2.75, 3.05) is 6.61 Å². The van der Waals surface area contributed by atoms with E-state index in [1.54, 1.807) is 0 Å². The number of aromatic nitrogens is 3. The molecule has 0 saturated heterocycles. The van der Waals surface area contributed by atoms with E-state index in [-0.39, 0.29) is 6.04 Å². The van der Waals surface area contributed by atoms with Crippen molar-refractivity contribution in [3.05, 3.63) is 30.1 Å². The Labute approximate surface area is 125 Å². The largest absolute Gasteiger partial charge is 0.494 e. The van der Waals surface area contributed by atoms with Gasteiger partial charge in [0.05, 0.1) is 6.61 Å². The highest BCUT2D eigenvalue weighted by Crippen LogP contribution is 2.24. The number of aryl methyl sites for hydroxylation is 1. The second kappa shape index (κ2) is 6.26. The number of unbranched alkanes of at least 4 members (excludes halogenated alkanes) is 1. The van der Waals surface area contributed by atoms with Crippen LogP contribution in [0.5, 0.6) is 5.75 Å². The van der Waals surface area contributed by atoms with Gasteiger partial charge in [0.25, 0.3) is 0 Å². The van der Waals surface area contributed by atoms with Gasteiger partial charge < -0.3 is 15.0 Å². The fourth-order valence-corrected chi connectivity index (χ4v) is 2.60. The minimum Gasteiger partial charge on any atom is -0.494 e. The molecule has 1 aromatic heterocycles. The van der Waals surface area contributed by atoms with Crippen LogP contribution in [0, 0.1) is 0 Å². The first-order valence-electron chi connectivity index (χ1n) is 7.69. The van der Waals surface area contributed by atoms with Crippen molar-refractivity contribution in [2.45, 2.75) is 45.2 Å². The molecule has 5 heteroatoms. The summed E-state index contributed by atoms with van der Waals surface area (Å²) < 4.78 is 7.83. The van der Waals surface area contributed by atoms with Gasteiger partial charge in [-0.3, -0.25) is 0 Å². The molecule has 21 heavy (non-hydrogen) atoms. The first kappa shape index (κ1) is 14.1. The van der Waals surface area contributed by atoms with Gasteiger partial charge in [-0.2, -0.15) is 0 Å². The summed E-state index contributed by atoms with van der Waals surface area (Å²) in [6, 6.07) is 8.27. The highest BCUT2D eigenvalue weighted by molar-refractivity contribution is 5.56. The van der Waals surface area contributed by atoms with E-state index in [0.717, 1.165) is 61.8 Å². The van der Waals surface area contributed by atoms with Crippen LogP contribution in [0.2, 0.25) is 0 Å². The molecule has 2 N–H and O–H groups in total. The predicted molar refractivity (Wildman–Crippen MR) is 82.2 cm³/mol. The lowest BCUT2D eigenvalue weighted by molar-refractivity contribution is 0.309. The summed E-state index contributed by atoms with van der Waals surface area (Å²) in [5, 5.41) is 8.60. The lowest BCUT2D eigenvalue weighted by Gasteiger charge is -2.20. The van der Waals surface area contributed by atoms with E-state index in [1.807, 2.05) is 24.3 Å². The molecule has 0 aliphatic carbocycles. The Hall–Kier alpha value is -1.88. The van der Waals surface area contributed by atoms with Crippen molar-refractivity contribution >= 4 is 0 Å². The Morgan fingerprint density at radius 2 is 2.10 bits per heavy atom. The molecule has 0 spiro atoms. The van der Waals surface area contributed by atoms with Crippen LogP contribution in [0.4, 0.5) is 0 Å². The van der Waals surface area contributed by atoms with E-state index in [2.05, 4.69) is 21.7 Å². The summed E-state index contributed by atoms with van der Waals surface area (Å²) in [5.74, 6) is 2.84. The van der Waals surface area contributed by atoms with Gasteiger partial charge in [-0.25, -0.2) is 0 Å². The lowest BCUT2D eigenvalue weighted by atomic mass is 10.1. The lowest BCUT2D eigenvalue weighted by Crippen LogP contribution is -2.32. The smallest absolute Gasteiger partial charge is 0.164 e. The highest BCUT2D eigenvalue weighted by Gasteiger charge is 2.21. The first-order valence-corrected chi connectivity index (χ1v) is 7.69. The van der Waals surface area contributed by atoms with Crippen LogP contribution in [0.25, 0.3) is 11.4 Å². The number of fused-ring (bicyclic) bond motifs is 1. The van der Waals surface area contributed by atoms with E-state index in [1.165, 1.54) is 0 Å². The van der Waals surface area contributed by atoms with E-state index >= 15 is 0 Å². The zero-order chi connectivity index (χ0) is 14.7. The second-order valence-corrected chi connectivity index (χ2v) is 5.58. The second-order valence-electron chi connectivity index (χ2n) is 5.58. The highest BCUT2D eigenvalue weighted by atomic mass is 16.5. The molecule has 1 aliphatic rings. The molecule has 1 unspecified atom stereocenters. The van der Waals surface area contributed by atoms with Crippen LogP contribution >= 0.6 is 0 Å². The molecule has 0 amide bonds. The van der Waals surface area contributed by atoms with Crippen molar-refractivity contribution in [3.8, 4) is 17.1 Å². The molecule has 5 nitrogen and oxygen atoms in total. The maximum absolute atomic E-state index is 6.05. The molecule has 0 bridgehead atoms. The third-order valence-corrected chi connectivity index (χ3v) is 3.86. The van der Waals surface area contributed by atoms with Crippen molar-refractivity contribution in [3.63, 3.8) is 0 Å². The van der Waals surface area contributed by atoms with Crippen LogP contribution in [0.1, 0.15) is 32.0 Å². The molecular formula is C16H22N4O. The van der Waals surface area contributed by atoms with Gasteiger partial charge in [0.2, 0.25) is 0 Å². The third-order valence-electron chi connectivity index (χ3n) is 3.86. The quantitative estimate of drug-likeness (QED) is 0.857. The van der Waals surface area contributed by atoms with Gasteiger partial charge in [-0.1, -0.05) is 13.3 Å². The third kappa shape index (κ3) is 3.08. The molecule has 112 valence electrons. The standard InChI is InChI=1S/C16H22N4O/c1-2-3-10-21-14-7-4-12(5-8-14)16-19-18-15-9-6-13(17)11-20(15)16/h4-5,7-8,13H,2-3,6,9-11,17H2,1H3. The summed E-state index contributed by atoms with van der Waals surface area (Å²) in [6.45, 7) is 3.73. The Bertz CT molecular complexity index is 591. The molecule has 1 aliphatic heterocycles. The molecule has 0 saturated carbocycles. The normalized spacial score (nSPS) is 17.5. The number of hydrogen-bond donors (Lipinski definition) is 1. The van der Waals surface area contributed by atoms with Gasteiger partial charge in [-0.05, 0) is 37.1 Å². The molecule has 0 radical (unpaired) electrons. The summed E-state index contributed by atoms with van der Waals surface area (Å²) >= 11 is 0. The number of benzene rings is 1. The number of ether oxygens (including phenoxy) is 1. The van der Waals surface area contributed by atoms with Crippen molar-refractivity contribution in [1.82, 2.24) is 14.8 Å². The van der Waals surface area contributed by atoms with Crippen LogP contribution in [-0.4, -0.2) is 27.4 Å². The van der Waals surface area contributed by atoms with Crippen LogP contribution in [0.15, 0.2) is 24.3 Å². The van der Waals surface area contributed by atoms with Gasteiger partial charge in [0, 0.05) is 24.6 Å². The van der Waals surface area contributed by atoms with Gasteiger partial charge in [0.1, 0.15) is 11.6 Å². The maximum atomic E-state index is 6.05. The van der Waals surface area contributed by atoms with E-state index < -0.39 is 0 Å². The van der Waals surface area contributed by atoms with Crippen LogP contribution in [0.3, 0.4) is 0 Å². The van der Waals surface area contributed by atoms with Gasteiger partial charge >= 0.3 is 0 Å². The fraction of sp³-hybridized carbons (Fsp3) is 0.500. The number of nitrogens with two attached hydrogens (primary N) is 1. The molecule has 2 aromatic rings. The van der Waals surface area contributed by atoms with E-state index in [4.69, 9.17) is 10.5 Å². The Morgan fingerprint density at radius 3 is 2.86 bits per heavy atom. The molecule has 2 heterocycles. The summed E-state index contributed by atoms with van der Waals surface area (Å²) in [6.07, 6.45) is 4.12. The Morgan fingerprint density at radius 1 is 1.29 bits per heavy atom. The summed E-state index contributed by atoms with van der Waals surface area (Å²) in [4.78, 5) is 0. The van der Waals surface area contributed by atoms with Crippen molar-refractivity contribution < 1.29 is 4.74 Å². The molecular weight excluding hydrogens is 264 g/mol. The fourth-order valence-electron chi connectivity index (χ4n) is 2.60. The number of rotatable bonds is 5. The summed E-state index contributed by atoms with van der Waals surface area (Å²) in [5.41, 5.74) is 7.11. The van der Waals surface area contributed by atoms with E-state index in [0.29, 0.717) is 0 Å². The first-order chi connectivity index (χ1) is 10.3. The van der Waals surface area contributed by atoms with Crippen LogP contribution in [-0.2, 0) is 13.0 Å². The Balaban J connectivity index is 1.77. The van der Waals surface area contributed by atoms with Crippen molar-refractivity contribution in [2.24, 2.45) is 5.73 Å². The minimum atomic E-state index is 0.198. The number of hydrogen-bond acceptors (Lipinski definition) is 4. The zero-order valence-electron chi connectivity index (χ0n) is 12.5. The van der Waals surface area contributed by atoms with E-state index in [9.17, 15) is 0 Å². The molecule has 0 fully saturated rings. The van der Waals surface area contributed by atoms with Gasteiger partial charge in [-0.15, -0.1) is 10.2 Å². The van der Waals surface area contributed by atoms with Gasteiger partial charge in [0.15, 0.2) is 5.82 Å². The topological polar surface area (TPSA) is 66.0 Å². The zero-order valence-corrected chi connectivity index (χ0v) is 12.5. The molecule has 3 rings (SSSR count). The average Bonchev–Trinajstić information content (AvgIpc) is 2.91. The maximum Gasteiger partial charge on any atom is 0.164 e. The molecule has 1 atom stereocenters. The Kier molecular flexibility index (Phi) is 4.20. The van der Waals surface area contributed by atoms with Crippen LogP contribution < -0.4 is 10.5 Å². The number of nitrogens with zero attached hydrogens (tertiary/aromatic N) is 3. The average molecular weight is 286 g/mol. The van der Waals surface area contributed by atoms with Crippen molar-refractivity contribution in [1.29, 1.82) is 0 Å². The SMILES string of the molecule is CCCCOc1ccc(-c2nnc3n2CC(N)CC3)cc1. The predicted octanol–water partition coefficient (Wildman–Crippen LogP) is 2.40. The monoisotopic (exact) mass is 286 g/mol. The minimum absolute atomic E-state index is 0.198.